The van der Waals surface area contributed by atoms with Gasteiger partial charge in [0.2, 0.25) is 0 Å². The molecule has 144 valence electrons. The molecule has 1 aromatic heterocycles. The van der Waals surface area contributed by atoms with Gasteiger partial charge in [-0.2, -0.15) is 0 Å². The number of aryl methyl sites for hydroxylation is 1. The SMILES string of the molecule is c1ccc(CNc2c3c(nc4ccc(C5CCCCC5)cc24)CCCC3)cc1. The van der Waals surface area contributed by atoms with Crippen LogP contribution in [0.1, 0.15) is 73.2 Å². The maximum atomic E-state index is 5.08. The Morgan fingerprint density at radius 2 is 1.68 bits per heavy atom. The zero-order chi connectivity index (χ0) is 18.8. The van der Waals surface area contributed by atoms with Crippen LogP contribution in [0.2, 0.25) is 0 Å². The monoisotopic (exact) mass is 370 g/mol. The van der Waals surface area contributed by atoms with Gasteiger partial charge in [0.25, 0.3) is 0 Å². The van der Waals surface area contributed by atoms with E-state index in [1.54, 1.807) is 0 Å². The Morgan fingerprint density at radius 1 is 0.857 bits per heavy atom. The maximum Gasteiger partial charge on any atom is 0.0726 e. The molecule has 0 atom stereocenters. The first kappa shape index (κ1) is 17.7. The van der Waals surface area contributed by atoms with Crippen LogP contribution < -0.4 is 5.32 Å². The predicted octanol–water partition coefficient (Wildman–Crippen LogP) is 6.77. The predicted molar refractivity (Wildman–Crippen MR) is 118 cm³/mol. The van der Waals surface area contributed by atoms with Crippen LogP contribution in [0, 0.1) is 0 Å². The summed E-state index contributed by atoms with van der Waals surface area (Å²) in [6.07, 6.45) is 11.7. The van der Waals surface area contributed by atoms with Gasteiger partial charge in [0, 0.05) is 23.3 Å². The van der Waals surface area contributed by atoms with Gasteiger partial charge in [-0.3, -0.25) is 4.98 Å². The van der Waals surface area contributed by atoms with E-state index in [9.17, 15) is 0 Å². The second-order valence-corrected chi connectivity index (χ2v) is 8.57. The fraction of sp³-hybridized carbons (Fsp3) is 0.423. The number of rotatable bonds is 4. The summed E-state index contributed by atoms with van der Waals surface area (Å²) in [5.74, 6) is 0.733. The van der Waals surface area contributed by atoms with Crippen molar-refractivity contribution < 1.29 is 0 Å². The second-order valence-electron chi connectivity index (χ2n) is 8.57. The van der Waals surface area contributed by atoms with Gasteiger partial charge in [0.05, 0.1) is 5.52 Å². The lowest BCUT2D eigenvalue weighted by Crippen LogP contribution is -2.12. The number of anilines is 1. The molecule has 0 saturated heterocycles. The standard InChI is InChI=1S/C26H30N2/c1-3-9-19(10-4-1)18-27-26-22-13-7-8-14-24(22)28-25-16-15-21(17-23(25)26)20-11-5-2-6-12-20/h1,3-4,9-10,15-17,20H,2,5-8,11-14,18H2,(H,27,28). The van der Waals surface area contributed by atoms with Crippen molar-refractivity contribution in [1.29, 1.82) is 0 Å². The third-order valence-electron chi connectivity index (χ3n) is 6.67. The minimum atomic E-state index is 0.733. The Bertz CT molecular complexity index is 955. The van der Waals surface area contributed by atoms with Crippen LogP contribution in [-0.4, -0.2) is 4.98 Å². The minimum Gasteiger partial charge on any atom is -0.380 e. The van der Waals surface area contributed by atoms with E-state index in [1.165, 1.54) is 78.4 Å². The van der Waals surface area contributed by atoms with E-state index < -0.39 is 0 Å². The molecule has 3 aromatic rings. The number of hydrogen-bond donors (Lipinski definition) is 1. The summed E-state index contributed by atoms with van der Waals surface area (Å²) in [6.45, 7) is 0.875. The number of nitrogens with zero attached hydrogens (tertiary/aromatic N) is 1. The largest absolute Gasteiger partial charge is 0.380 e. The molecule has 1 N–H and O–H groups in total. The molecule has 0 aliphatic heterocycles. The van der Waals surface area contributed by atoms with E-state index in [1.807, 2.05) is 0 Å². The van der Waals surface area contributed by atoms with Crippen LogP contribution in [0.25, 0.3) is 10.9 Å². The molecule has 5 rings (SSSR count). The Labute approximate surface area is 168 Å². The van der Waals surface area contributed by atoms with Crippen LogP contribution >= 0.6 is 0 Å². The van der Waals surface area contributed by atoms with Gasteiger partial charge in [0.15, 0.2) is 0 Å². The Kier molecular flexibility index (Phi) is 5.03. The number of benzene rings is 2. The average Bonchev–Trinajstić information content (AvgIpc) is 2.77. The molecule has 1 saturated carbocycles. The van der Waals surface area contributed by atoms with E-state index >= 15 is 0 Å². The van der Waals surface area contributed by atoms with E-state index in [0.29, 0.717) is 0 Å². The quantitative estimate of drug-likeness (QED) is 0.548. The summed E-state index contributed by atoms with van der Waals surface area (Å²) in [4.78, 5) is 5.08. The number of aromatic nitrogens is 1. The molecule has 2 heteroatoms. The lowest BCUT2D eigenvalue weighted by molar-refractivity contribution is 0.444. The molecule has 1 heterocycles. The lowest BCUT2D eigenvalue weighted by atomic mass is 9.83. The molecular weight excluding hydrogens is 340 g/mol. The maximum absolute atomic E-state index is 5.08. The highest BCUT2D eigenvalue weighted by atomic mass is 14.9. The molecule has 28 heavy (non-hydrogen) atoms. The Morgan fingerprint density at radius 3 is 2.54 bits per heavy atom. The summed E-state index contributed by atoms with van der Waals surface area (Å²) in [7, 11) is 0. The number of nitrogens with one attached hydrogen (secondary N) is 1. The van der Waals surface area contributed by atoms with Gasteiger partial charge >= 0.3 is 0 Å². The van der Waals surface area contributed by atoms with Gasteiger partial charge < -0.3 is 5.32 Å². The smallest absolute Gasteiger partial charge is 0.0726 e. The summed E-state index contributed by atoms with van der Waals surface area (Å²) in [5, 5.41) is 5.16. The fourth-order valence-electron chi connectivity index (χ4n) is 5.12. The van der Waals surface area contributed by atoms with Crippen molar-refractivity contribution in [3.05, 3.63) is 70.9 Å². The van der Waals surface area contributed by atoms with E-state index in [0.717, 1.165) is 30.8 Å². The summed E-state index contributed by atoms with van der Waals surface area (Å²) in [5.41, 5.74) is 8.15. The first-order chi connectivity index (χ1) is 13.9. The molecule has 0 amide bonds. The van der Waals surface area contributed by atoms with Crippen molar-refractivity contribution in [3.63, 3.8) is 0 Å². The third-order valence-corrected chi connectivity index (χ3v) is 6.67. The minimum absolute atomic E-state index is 0.733. The van der Waals surface area contributed by atoms with Gasteiger partial charge in [0.1, 0.15) is 0 Å². The van der Waals surface area contributed by atoms with Crippen LogP contribution in [-0.2, 0) is 19.4 Å². The summed E-state index contributed by atoms with van der Waals surface area (Å²) < 4.78 is 0. The van der Waals surface area contributed by atoms with Gasteiger partial charge in [-0.1, -0.05) is 55.7 Å². The van der Waals surface area contributed by atoms with Crippen LogP contribution in [0.4, 0.5) is 5.69 Å². The molecule has 0 unspecified atom stereocenters. The van der Waals surface area contributed by atoms with E-state index in [2.05, 4.69) is 53.8 Å². The third kappa shape index (κ3) is 3.53. The molecule has 2 nitrogen and oxygen atoms in total. The van der Waals surface area contributed by atoms with Crippen molar-refractivity contribution >= 4 is 16.6 Å². The topological polar surface area (TPSA) is 24.9 Å². The molecule has 2 aromatic carbocycles. The van der Waals surface area contributed by atoms with Gasteiger partial charge in [-0.15, -0.1) is 0 Å². The van der Waals surface area contributed by atoms with Crippen LogP contribution in [0.3, 0.4) is 0 Å². The highest BCUT2D eigenvalue weighted by Crippen LogP contribution is 2.38. The molecule has 0 spiro atoms. The van der Waals surface area contributed by atoms with Gasteiger partial charge in [-0.25, -0.2) is 0 Å². The van der Waals surface area contributed by atoms with Crippen molar-refractivity contribution in [2.45, 2.75) is 70.3 Å². The second kappa shape index (κ2) is 7.95. The normalized spacial score (nSPS) is 17.4. The van der Waals surface area contributed by atoms with Crippen molar-refractivity contribution in [1.82, 2.24) is 4.98 Å². The van der Waals surface area contributed by atoms with Crippen molar-refractivity contribution in [2.24, 2.45) is 0 Å². The Balaban J connectivity index is 1.56. The lowest BCUT2D eigenvalue weighted by Gasteiger charge is -2.25. The summed E-state index contributed by atoms with van der Waals surface area (Å²) in [6, 6.07) is 17.8. The van der Waals surface area contributed by atoms with Crippen molar-refractivity contribution in [3.8, 4) is 0 Å². The molecule has 0 bridgehead atoms. The molecular formula is C26H30N2. The first-order valence-corrected chi connectivity index (χ1v) is 11.1. The van der Waals surface area contributed by atoms with Crippen LogP contribution in [0.15, 0.2) is 48.5 Å². The first-order valence-electron chi connectivity index (χ1n) is 11.1. The van der Waals surface area contributed by atoms with E-state index in [4.69, 9.17) is 4.98 Å². The average molecular weight is 371 g/mol. The molecule has 2 aliphatic rings. The molecule has 1 fully saturated rings. The molecule has 0 radical (unpaired) electrons. The van der Waals surface area contributed by atoms with Gasteiger partial charge in [-0.05, 0) is 73.3 Å². The summed E-state index contributed by atoms with van der Waals surface area (Å²) >= 11 is 0. The Hall–Kier alpha value is -2.35. The highest BCUT2D eigenvalue weighted by molar-refractivity contribution is 5.94. The molecule has 2 aliphatic carbocycles. The zero-order valence-electron chi connectivity index (χ0n) is 16.7. The van der Waals surface area contributed by atoms with Crippen molar-refractivity contribution in [2.75, 3.05) is 5.32 Å². The zero-order valence-corrected chi connectivity index (χ0v) is 16.7. The fourth-order valence-corrected chi connectivity index (χ4v) is 5.12. The number of fused-ring (bicyclic) bond motifs is 2. The van der Waals surface area contributed by atoms with E-state index in [-0.39, 0.29) is 0 Å². The highest BCUT2D eigenvalue weighted by Gasteiger charge is 2.20. The number of pyridine rings is 1. The van der Waals surface area contributed by atoms with Crippen LogP contribution in [0.5, 0.6) is 0 Å². The number of hydrogen-bond acceptors (Lipinski definition) is 2.